The van der Waals surface area contributed by atoms with Crippen LogP contribution in [0.4, 0.5) is 0 Å². The molecule has 0 spiro atoms. The number of sulfonamides is 1. The van der Waals surface area contributed by atoms with Crippen molar-refractivity contribution in [1.82, 2.24) is 9.21 Å². The number of hydrogen-bond acceptors (Lipinski definition) is 4. The summed E-state index contributed by atoms with van der Waals surface area (Å²) in [6.07, 6.45) is 2.49. The van der Waals surface area contributed by atoms with Gasteiger partial charge in [-0.15, -0.1) is 0 Å². The molecule has 5 nitrogen and oxygen atoms in total. The van der Waals surface area contributed by atoms with Crippen LogP contribution in [0.15, 0.2) is 29.2 Å². The van der Waals surface area contributed by atoms with E-state index in [-0.39, 0.29) is 9.88 Å². The van der Waals surface area contributed by atoms with Gasteiger partial charge in [0.05, 0.1) is 4.90 Å². The Morgan fingerprint density at radius 3 is 2.33 bits per heavy atom. The van der Waals surface area contributed by atoms with Crippen LogP contribution in [0.5, 0.6) is 0 Å². The van der Waals surface area contributed by atoms with E-state index in [2.05, 4.69) is 4.90 Å². The third-order valence-corrected chi connectivity index (χ3v) is 6.28. The number of hydrogen-bond donors (Lipinski definition) is 1. The van der Waals surface area contributed by atoms with Crippen LogP contribution in [0.25, 0.3) is 0 Å². The molecule has 0 aromatic heterocycles. The second-order valence-corrected chi connectivity index (χ2v) is 7.88. The zero-order valence-electron chi connectivity index (χ0n) is 11.7. The molecular weight excluding hydrogens is 306 g/mol. The fourth-order valence-electron chi connectivity index (χ4n) is 2.78. The third-order valence-electron chi connectivity index (χ3n) is 4.11. The molecule has 21 heavy (non-hydrogen) atoms. The molecule has 0 radical (unpaired) electrons. The van der Waals surface area contributed by atoms with Gasteiger partial charge in [-0.1, -0.05) is 30.4 Å². The summed E-state index contributed by atoms with van der Waals surface area (Å²) in [5, 5.41) is 0. The summed E-state index contributed by atoms with van der Waals surface area (Å²) >= 11 is 4.97. The minimum atomic E-state index is -3.53. The van der Waals surface area contributed by atoms with Crippen LogP contribution in [0.3, 0.4) is 0 Å². The second-order valence-electron chi connectivity index (χ2n) is 5.53. The number of benzene rings is 1. The van der Waals surface area contributed by atoms with Gasteiger partial charge < -0.3 is 5.73 Å². The van der Waals surface area contributed by atoms with Crippen LogP contribution in [0.2, 0.25) is 0 Å². The Labute approximate surface area is 130 Å². The van der Waals surface area contributed by atoms with Crippen LogP contribution in [0.1, 0.15) is 18.4 Å². The molecule has 3 rings (SSSR count). The Kier molecular flexibility index (Phi) is 4.00. The Morgan fingerprint density at radius 1 is 1.14 bits per heavy atom. The first kappa shape index (κ1) is 14.9. The van der Waals surface area contributed by atoms with Crippen molar-refractivity contribution < 1.29 is 8.42 Å². The van der Waals surface area contributed by atoms with Gasteiger partial charge in [-0.2, -0.15) is 4.31 Å². The maximum Gasteiger partial charge on any atom is 0.243 e. The van der Waals surface area contributed by atoms with Gasteiger partial charge in [-0.05, 0) is 18.9 Å². The molecule has 2 aliphatic rings. The molecule has 1 saturated carbocycles. The van der Waals surface area contributed by atoms with E-state index in [0.717, 1.165) is 13.1 Å². The van der Waals surface area contributed by atoms with E-state index in [1.54, 1.807) is 28.6 Å². The van der Waals surface area contributed by atoms with Crippen molar-refractivity contribution in [3.8, 4) is 0 Å². The number of nitrogens with two attached hydrogens (primary N) is 1. The Morgan fingerprint density at radius 2 is 1.76 bits per heavy atom. The SMILES string of the molecule is NC(=S)c1ccccc1S(=O)(=O)N1CCN(C2CC2)CC1. The highest BCUT2D eigenvalue weighted by Gasteiger charge is 2.35. The van der Waals surface area contributed by atoms with E-state index in [1.165, 1.54) is 12.8 Å². The molecule has 2 N–H and O–H groups in total. The molecule has 114 valence electrons. The lowest BCUT2D eigenvalue weighted by Gasteiger charge is -2.34. The molecule has 0 atom stereocenters. The Hall–Kier alpha value is -1.02. The summed E-state index contributed by atoms with van der Waals surface area (Å²) < 4.78 is 27.1. The van der Waals surface area contributed by atoms with E-state index < -0.39 is 10.0 Å². The predicted molar refractivity (Wildman–Crippen MR) is 85.7 cm³/mol. The maximum absolute atomic E-state index is 12.8. The van der Waals surface area contributed by atoms with Crippen LogP contribution in [-0.4, -0.2) is 54.8 Å². The van der Waals surface area contributed by atoms with Gasteiger partial charge in [0, 0.05) is 37.8 Å². The van der Waals surface area contributed by atoms with Crippen LogP contribution < -0.4 is 5.73 Å². The van der Waals surface area contributed by atoms with E-state index in [1.807, 2.05) is 0 Å². The summed E-state index contributed by atoms with van der Waals surface area (Å²) in [7, 11) is -3.53. The largest absolute Gasteiger partial charge is 0.389 e. The molecule has 0 unspecified atom stereocenters. The van der Waals surface area contributed by atoms with E-state index in [0.29, 0.717) is 24.7 Å². The smallest absolute Gasteiger partial charge is 0.243 e. The van der Waals surface area contributed by atoms with Gasteiger partial charge in [-0.25, -0.2) is 8.42 Å². The maximum atomic E-state index is 12.8. The predicted octanol–water partition coefficient (Wildman–Crippen LogP) is 0.789. The van der Waals surface area contributed by atoms with Gasteiger partial charge in [0.25, 0.3) is 0 Å². The fraction of sp³-hybridized carbons (Fsp3) is 0.500. The highest BCUT2D eigenvalue weighted by molar-refractivity contribution is 7.89. The topological polar surface area (TPSA) is 66.6 Å². The normalized spacial score (nSPS) is 21.3. The van der Waals surface area contributed by atoms with Gasteiger partial charge >= 0.3 is 0 Å². The second kappa shape index (κ2) is 5.64. The molecule has 1 aromatic carbocycles. The van der Waals surface area contributed by atoms with Crippen LogP contribution >= 0.6 is 12.2 Å². The molecule has 1 aliphatic heterocycles. The number of nitrogens with zero attached hydrogens (tertiary/aromatic N) is 2. The summed E-state index contributed by atoms with van der Waals surface area (Å²) in [6, 6.07) is 7.37. The average Bonchev–Trinajstić information content (AvgIpc) is 3.32. The van der Waals surface area contributed by atoms with Gasteiger partial charge in [0.2, 0.25) is 10.0 Å². The molecular formula is C14H19N3O2S2. The molecule has 1 heterocycles. The lowest BCUT2D eigenvalue weighted by atomic mass is 10.2. The van der Waals surface area contributed by atoms with Gasteiger partial charge in [-0.3, -0.25) is 4.90 Å². The lowest BCUT2D eigenvalue weighted by Crippen LogP contribution is -2.49. The van der Waals surface area contributed by atoms with Crippen LogP contribution in [-0.2, 0) is 10.0 Å². The monoisotopic (exact) mass is 325 g/mol. The molecule has 2 fully saturated rings. The van der Waals surface area contributed by atoms with Crippen molar-refractivity contribution in [3.05, 3.63) is 29.8 Å². The Bertz CT molecular complexity index is 648. The van der Waals surface area contributed by atoms with Crippen molar-refractivity contribution >= 4 is 27.2 Å². The summed E-state index contributed by atoms with van der Waals surface area (Å²) in [4.78, 5) is 2.72. The lowest BCUT2D eigenvalue weighted by molar-refractivity contribution is 0.180. The van der Waals surface area contributed by atoms with Crippen molar-refractivity contribution in [1.29, 1.82) is 0 Å². The minimum Gasteiger partial charge on any atom is -0.389 e. The average molecular weight is 325 g/mol. The fourth-order valence-corrected chi connectivity index (χ4v) is 4.65. The van der Waals surface area contributed by atoms with Crippen molar-refractivity contribution in [2.75, 3.05) is 26.2 Å². The minimum absolute atomic E-state index is 0.116. The zero-order chi connectivity index (χ0) is 15.0. The molecule has 0 amide bonds. The number of piperazine rings is 1. The van der Waals surface area contributed by atoms with Gasteiger partial charge in [0.1, 0.15) is 4.99 Å². The van der Waals surface area contributed by atoms with Crippen molar-refractivity contribution in [3.63, 3.8) is 0 Å². The molecule has 7 heteroatoms. The third kappa shape index (κ3) is 2.96. The zero-order valence-corrected chi connectivity index (χ0v) is 13.4. The number of thiocarbonyl (C=S) groups is 1. The first-order valence-electron chi connectivity index (χ1n) is 7.13. The van der Waals surface area contributed by atoms with Crippen molar-refractivity contribution in [2.45, 2.75) is 23.8 Å². The Balaban J connectivity index is 1.82. The quantitative estimate of drug-likeness (QED) is 0.829. The highest BCUT2D eigenvalue weighted by atomic mass is 32.2. The first-order chi connectivity index (χ1) is 10.00. The first-order valence-corrected chi connectivity index (χ1v) is 8.98. The molecule has 1 aliphatic carbocycles. The number of rotatable bonds is 4. The highest BCUT2D eigenvalue weighted by Crippen LogP contribution is 2.29. The van der Waals surface area contributed by atoms with E-state index >= 15 is 0 Å². The molecule has 1 saturated heterocycles. The van der Waals surface area contributed by atoms with Crippen molar-refractivity contribution in [2.24, 2.45) is 5.73 Å². The van der Waals surface area contributed by atoms with E-state index in [4.69, 9.17) is 18.0 Å². The summed E-state index contributed by atoms with van der Waals surface area (Å²) in [5.41, 5.74) is 6.08. The molecule has 0 bridgehead atoms. The van der Waals surface area contributed by atoms with Crippen LogP contribution in [0, 0.1) is 0 Å². The van der Waals surface area contributed by atoms with E-state index in [9.17, 15) is 8.42 Å². The van der Waals surface area contributed by atoms with Gasteiger partial charge in [0.15, 0.2) is 0 Å². The standard InChI is InChI=1S/C14H19N3O2S2/c15-14(20)12-3-1-2-4-13(12)21(18,19)17-9-7-16(8-10-17)11-5-6-11/h1-4,11H,5-10H2,(H2,15,20). The molecule has 1 aromatic rings. The summed E-state index contributed by atoms with van der Waals surface area (Å²) in [6.45, 7) is 2.67. The summed E-state index contributed by atoms with van der Waals surface area (Å²) in [5.74, 6) is 0.